The SMILES string of the molecule is COC(=O)CC(C)S(=O)CCC(C)(C)C#N. The van der Waals surface area contributed by atoms with Gasteiger partial charge in [-0.2, -0.15) is 5.26 Å². The third kappa shape index (κ3) is 5.86. The second-order valence-corrected chi connectivity index (χ2v) is 6.40. The Morgan fingerprint density at radius 3 is 2.56 bits per heavy atom. The van der Waals surface area contributed by atoms with Gasteiger partial charge in [0.1, 0.15) is 0 Å². The van der Waals surface area contributed by atoms with Gasteiger partial charge in [0, 0.05) is 21.8 Å². The first-order valence-corrected chi connectivity index (χ1v) is 6.56. The minimum Gasteiger partial charge on any atom is -0.469 e. The fourth-order valence-electron chi connectivity index (χ4n) is 1.02. The number of carbonyl (C=O) groups is 1. The van der Waals surface area contributed by atoms with E-state index < -0.39 is 16.2 Å². The predicted octanol–water partition coefficient (Wildman–Crippen LogP) is 1.63. The van der Waals surface area contributed by atoms with Crippen molar-refractivity contribution in [2.45, 2.75) is 38.9 Å². The van der Waals surface area contributed by atoms with Crippen molar-refractivity contribution >= 4 is 16.8 Å². The van der Waals surface area contributed by atoms with E-state index in [1.165, 1.54) is 7.11 Å². The van der Waals surface area contributed by atoms with Crippen LogP contribution in [0, 0.1) is 16.7 Å². The standard InChI is InChI=1S/C11H19NO3S/c1-9(7-10(13)15-4)16(14)6-5-11(2,3)8-12/h9H,5-7H2,1-4H3. The van der Waals surface area contributed by atoms with E-state index in [9.17, 15) is 9.00 Å². The van der Waals surface area contributed by atoms with E-state index in [0.717, 1.165) is 0 Å². The summed E-state index contributed by atoms with van der Waals surface area (Å²) in [5.41, 5.74) is -0.458. The summed E-state index contributed by atoms with van der Waals surface area (Å²) < 4.78 is 16.3. The Morgan fingerprint density at radius 2 is 2.12 bits per heavy atom. The highest BCUT2D eigenvalue weighted by Gasteiger charge is 2.21. The maximum atomic E-state index is 11.8. The minimum absolute atomic E-state index is 0.163. The van der Waals surface area contributed by atoms with Gasteiger partial charge in [-0.1, -0.05) is 6.92 Å². The number of methoxy groups -OCH3 is 1. The van der Waals surface area contributed by atoms with Gasteiger partial charge in [0.15, 0.2) is 0 Å². The average Bonchev–Trinajstić information content (AvgIpc) is 2.25. The molecule has 0 amide bonds. The molecule has 0 radical (unpaired) electrons. The third-order valence-corrected chi connectivity index (χ3v) is 4.03. The van der Waals surface area contributed by atoms with Gasteiger partial charge in [-0.05, 0) is 20.3 Å². The molecule has 0 heterocycles. The highest BCUT2D eigenvalue weighted by molar-refractivity contribution is 7.85. The van der Waals surface area contributed by atoms with E-state index in [1.54, 1.807) is 6.92 Å². The molecule has 2 unspecified atom stereocenters. The van der Waals surface area contributed by atoms with Crippen molar-refractivity contribution in [3.8, 4) is 6.07 Å². The van der Waals surface area contributed by atoms with Gasteiger partial charge < -0.3 is 4.74 Å². The molecule has 0 aromatic rings. The number of nitrogens with zero attached hydrogens (tertiary/aromatic N) is 1. The first-order valence-electron chi connectivity index (χ1n) is 5.17. The molecule has 0 aliphatic rings. The molecule has 0 saturated carbocycles. The maximum Gasteiger partial charge on any atom is 0.306 e. The van der Waals surface area contributed by atoms with Crippen molar-refractivity contribution in [3.63, 3.8) is 0 Å². The summed E-state index contributed by atoms with van der Waals surface area (Å²) in [4.78, 5) is 11.0. The van der Waals surface area contributed by atoms with Crippen molar-refractivity contribution < 1.29 is 13.7 Å². The van der Waals surface area contributed by atoms with E-state index in [2.05, 4.69) is 10.8 Å². The Morgan fingerprint density at radius 1 is 1.56 bits per heavy atom. The second kappa shape index (κ2) is 6.64. The zero-order chi connectivity index (χ0) is 12.8. The normalized spacial score (nSPS) is 14.9. The van der Waals surface area contributed by atoms with Crippen molar-refractivity contribution in [2.75, 3.05) is 12.9 Å². The fraction of sp³-hybridized carbons (Fsp3) is 0.818. The van der Waals surface area contributed by atoms with Gasteiger partial charge >= 0.3 is 5.97 Å². The minimum atomic E-state index is -1.09. The molecule has 0 N–H and O–H groups in total. The van der Waals surface area contributed by atoms with Crippen LogP contribution < -0.4 is 0 Å². The molecule has 0 fully saturated rings. The summed E-state index contributed by atoms with van der Waals surface area (Å²) in [6, 6.07) is 2.16. The van der Waals surface area contributed by atoms with Crippen LogP contribution in [-0.4, -0.2) is 28.3 Å². The molecule has 0 rings (SSSR count). The van der Waals surface area contributed by atoms with E-state index in [4.69, 9.17) is 5.26 Å². The molecule has 0 aromatic heterocycles. The molecular weight excluding hydrogens is 226 g/mol. The van der Waals surface area contributed by atoms with Crippen molar-refractivity contribution in [3.05, 3.63) is 0 Å². The molecule has 5 heteroatoms. The largest absolute Gasteiger partial charge is 0.469 e. The van der Waals surface area contributed by atoms with Gasteiger partial charge in [-0.3, -0.25) is 9.00 Å². The Bertz CT molecular complexity index is 307. The summed E-state index contributed by atoms with van der Waals surface area (Å²) in [5, 5.41) is 8.59. The molecule has 0 aliphatic carbocycles. The molecule has 0 aliphatic heterocycles. The average molecular weight is 245 g/mol. The lowest BCUT2D eigenvalue weighted by Gasteiger charge is -2.16. The lowest BCUT2D eigenvalue weighted by molar-refractivity contribution is -0.140. The van der Waals surface area contributed by atoms with Crippen molar-refractivity contribution in [2.24, 2.45) is 5.41 Å². The van der Waals surface area contributed by atoms with Crippen LogP contribution >= 0.6 is 0 Å². The molecular formula is C11H19NO3S. The molecule has 4 nitrogen and oxygen atoms in total. The zero-order valence-corrected chi connectivity index (χ0v) is 11.1. The van der Waals surface area contributed by atoms with Gasteiger partial charge in [-0.25, -0.2) is 0 Å². The van der Waals surface area contributed by atoms with E-state index in [-0.39, 0.29) is 17.6 Å². The van der Waals surface area contributed by atoms with E-state index >= 15 is 0 Å². The number of hydrogen-bond acceptors (Lipinski definition) is 4. The summed E-state index contributed by atoms with van der Waals surface area (Å²) in [7, 11) is 0.229. The highest BCUT2D eigenvalue weighted by Crippen LogP contribution is 2.19. The first-order chi connectivity index (χ1) is 7.32. The van der Waals surface area contributed by atoms with Gasteiger partial charge in [0.05, 0.1) is 25.0 Å². The number of hydrogen-bond donors (Lipinski definition) is 0. The molecule has 0 bridgehead atoms. The molecule has 2 atom stereocenters. The molecule has 0 spiro atoms. The van der Waals surface area contributed by atoms with E-state index in [0.29, 0.717) is 12.2 Å². The lowest BCUT2D eigenvalue weighted by Crippen LogP contribution is -2.22. The molecule has 16 heavy (non-hydrogen) atoms. The Labute approximate surface area is 99.4 Å². The molecule has 0 aromatic carbocycles. The number of ether oxygens (including phenoxy) is 1. The van der Waals surface area contributed by atoms with Crippen LogP contribution in [0.3, 0.4) is 0 Å². The smallest absolute Gasteiger partial charge is 0.306 e. The van der Waals surface area contributed by atoms with Crippen LogP contribution in [0.4, 0.5) is 0 Å². The molecule has 0 saturated heterocycles. The summed E-state index contributed by atoms with van der Waals surface area (Å²) >= 11 is 0. The zero-order valence-electron chi connectivity index (χ0n) is 10.3. The highest BCUT2D eigenvalue weighted by atomic mass is 32.2. The number of nitriles is 1. The van der Waals surface area contributed by atoms with Crippen LogP contribution in [0.25, 0.3) is 0 Å². The summed E-state index contributed by atoms with van der Waals surface area (Å²) in [5.74, 6) is 0.0963. The molecule has 92 valence electrons. The number of rotatable bonds is 6. The monoisotopic (exact) mass is 245 g/mol. The van der Waals surface area contributed by atoms with Gasteiger partial charge in [-0.15, -0.1) is 0 Å². The van der Waals surface area contributed by atoms with Crippen molar-refractivity contribution in [1.82, 2.24) is 0 Å². The quantitative estimate of drug-likeness (QED) is 0.667. The summed E-state index contributed by atoms with van der Waals surface area (Å²) in [6.07, 6.45) is 0.734. The van der Waals surface area contributed by atoms with Gasteiger partial charge in [0.25, 0.3) is 0 Å². The van der Waals surface area contributed by atoms with E-state index in [1.807, 2.05) is 13.8 Å². The van der Waals surface area contributed by atoms with Crippen LogP contribution in [0.1, 0.15) is 33.6 Å². The third-order valence-electron chi connectivity index (χ3n) is 2.36. The van der Waals surface area contributed by atoms with Gasteiger partial charge in [0.2, 0.25) is 0 Å². The Balaban J connectivity index is 4.08. The van der Waals surface area contributed by atoms with Crippen LogP contribution in [0.15, 0.2) is 0 Å². The summed E-state index contributed by atoms with van der Waals surface area (Å²) in [6.45, 7) is 5.39. The number of esters is 1. The topological polar surface area (TPSA) is 67.2 Å². The Hall–Kier alpha value is -0.890. The fourth-order valence-corrected chi connectivity index (χ4v) is 2.46. The Kier molecular flexibility index (Phi) is 6.27. The maximum absolute atomic E-state index is 11.8. The van der Waals surface area contributed by atoms with Crippen LogP contribution in [-0.2, 0) is 20.3 Å². The van der Waals surface area contributed by atoms with Crippen LogP contribution in [0.5, 0.6) is 0 Å². The van der Waals surface area contributed by atoms with Crippen molar-refractivity contribution in [1.29, 1.82) is 5.26 Å². The number of carbonyl (C=O) groups excluding carboxylic acids is 1. The predicted molar refractivity (Wildman–Crippen MR) is 63.1 cm³/mol. The second-order valence-electron chi connectivity index (χ2n) is 4.42. The lowest BCUT2D eigenvalue weighted by atomic mass is 9.93. The van der Waals surface area contributed by atoms with Crippen LogP contribution in [0.2, 0.25) is 0 Å². The first kappa shape index (κ1) is 15.1.